The molecule has 0 saturated heterocycles. The molecule has 0 saturated carbocycles. The minimum atomic E-state index is -1.03. The molecule has 0 aliphatic rings. The van der Waals surface area contributed by atoms with Crippen LogP contribution < -0.4 is 14.8 Å². The number of nitrogens with one attached hydrogen (secondary N) is 1. The molecule has 0 aliphatic heterocycles. The van der Waals surface area contributed by atoms with Crippen molar-refractivity contribution in [3.8, 4) is 11.5 Å². The van der Waals surface area contributed by atoms with Crippen LogP contribution in [0.3, 0.4) is 0 Å². The molecule has 116 valence electrons. The predicted octanol–water partition coefficient (Wildman–Crippen LogP) is 3.62. The summed E-state index contributed by atoms with van der Waals surface area (Å²) in [5.74, 6) is -1.52. The first-order valence-electron chi connectivity index (χ1n) is 6.62. The second-order valence-corrected chi connectivity index (χ2v) is 4.38. The number of carbonyl (C=O) groups is 1. The standard InChI is InChI=1S/C16H15F2NO3/c1-3-22-14-7-4-10(8-15(14)21-2)16(20)19-11-5-6-12(17)13(18)9-11/h4-9H,3H2,1-2H3,(H,19,20). The third kappa shape index (κ3) is 3.52. The monoisotopic (exact) mass is 307 g/mol. The highest BCUT2D eigenvalue weighted by Gasteiger charge is 2.12. The van der Waals surface area contributed by atoms with Crippen LogP contribution in [0.15, 0.2) is 36.4 Å². The summed E-state index contributed by atoms with van der Waals surface area (Å²) in [6.45, 7) is 2.31. The van der Waals surface area contributed by atoms with Crippen molar-refractivity contribution in [2.75, 3.05) is 19.0 Å². The minimum Gasteiger partial charge on any atom is -0.493 e. The van der Waals surface area contributed by atoms with Gasteiger partial charge in [0.25, 0.3) is 5.91 Å². The van der Waals surface area contributed by atoms with E-state index in [0.717, 1.165) is 12.1 Å². The molecule has 1 amide bonds. The maximum absolute atomic E-state index is 13.1. The Kier molecular flexibility index (Phi) is 4.93. The van der Waals surface area contributed by atoms with Crippen LogP contribution in [0.4, 0.5) is 14.5 Å². The molecular formula is C16H15F2NO3. The molecule has 0 bridgehead atoms. The molecule has 0 heterocycles. The second-order valence-electron chi connectivity index (χ2n) is 4.38. The van der Waals surface area contributed by atoms with Gasteiger partial charge >= 0.3 is 0 Å². The number of anilines is 1. The summed E-state index contributed by atoms with van der Waals surface area (Å²) in [5.41, 5.74) is 0.474. The number of carbonyl (C=O) groups excluding carboxylic acids is 1. The van der Waals surface area contributed by atoms with Gasteiger partial charge in [0.05, 0.1) is 13.7 Å². The molecule has 0 unspecified atom stereocenters. The van der Waals surface area contributed by atoms with Crippen LogP contribution in [-0.4, -0.2) is 19.6 Å². The zero-order valence-electron chi connectivity index (χ0n) is 12.2. The number of methoxy groups -OCH3 is 1. The van der Waals surface area contributed by atoms with Gasteiger partial charge in [0, 0.05) is 17.3 Å². The molecule has 4 nitrogen and oxygen atoms in total. The summed E-state index contributed by atoms with van der Waals surface area (Å²) < 4.78 is 36.5. The fraction of sp³-hybridized carbons (Fsp3) is 0.188. The van der Waals surface area contributed by atoms with Gasteiger partial charge in [0.15, 0.2) is 23.1 Å². The molecule has 0 aromatic heterocycles. The van der Waals surface area contributed by atoms with Crippen LogP contribution in [0.25, 0.3) is 0 Å². The molecule has 0 spiro atoms. The van der Waals surface area contributed by atoms with Gasteiger partial charge in [-0.3, -0.25) is 4.79 Å². The normalized spacial score (nSPS) is 10.2. The molecule has 6 heteroatoms. The lowest BCUT2D eigenvalue weighted by Crippen LogP contribution is -2.12. The van der Waals surface area contributed by atoms with Gasteiger partial charge in [-0.15, -0.1) is 0 Å². The summed E-state index contributed by atoms with van der Waals surface area (Å²) in [7, 11) is 1.47. The first kappa shape index (κ1) is 15.8. The first-order chi connectivity index (χ1) is 10.5. The highest BCUT2D eigenvalue weighted by Crippen LogP contribution is 2.28. The SMILES string of the molecule is CCOc1ccc(C(=O)Nc2ccc(F)c(F)c2)cc1OC. The van der Waals surface area contributed by atoms with Crippen molar-refractivity contribution < 1.29 is 23.0 Å². The third-order valence-corrected chi connectivity index (χ3v) is 2.90. The first-order valence-corrected chi connectivity index (χ1v) is 6.62. The molecule has 2 aromatic carbocycles. The van der Waals surface area contributed by atoms with Gasteiger partial charge < -0.3 is 14.8 Å². The second kappa shape index (κ2) is 6.89. The number of halogens is 2. The zero-order valence-corrected chi connectivity index (χ0v) is 12.2. The lowest BCUT2D eigenvalue weighted by Gasteiger charge is -2.11. The summed E-state index contributed by atoms with van der Waals surface area (Å²) in [4.78, 5) is 12.1. The van der Waals surface area contributed by atoms with E-state index < -0.39 is 17.5 Å². The van der Waals surface area contributed by atoms with E-state index in [4.69, 9.17) is 9.47 Å². The number of hydrogen-bond acceptors (Lipinski definition) is 3. The summed E-state index contributed by atoms with van der Waals surface area (Å²) in [5, 5.41) is 2.49. The average Bonchev–Trinajstić information content (AvgIpc) is 2.51. The maximum Gasteiger partial charge on any atom is 0.255 e. The van der Waals surface area contributed by atoms with Gasteiger partial charge in [0.2, 0.25) is 0 Å². The summed E-state index contributed by atoms with van der Waals surface area (Å²) in [6.07, 6.45) is 0. The Labute approximate surface area is 126 Å². The average molecular weight is 307 g/mol. The van der Waals surface area contributed by atoms with Gasteiger partial charge in [-0.05, 0) is 37.3 Å². The van der Waals surface area contributed by atoms with Gasteiger partial charge in [-0.2, -0.15) is 0 Å². The van der Waals surface area contributed by atoms with Crippen LogP contribution >= 0.6 is 0 Å². The van der Waals surface area contributed by atoms with Crippen LogP contribution in [-0.2, 0) is 0 Å². The molecule has 22 heavy (non-hydrogen) atoms. The highest BCUT2D eigenvalue weighted by atomic mass is 19.2. The fourth-order valence-corrected chi connectivity index (χ4v) is 1.86. The van der Waals surface area contributed by atoms with Crippen molar-refractivity contribution in [3.63, 3.8) is 0 Å². The van der Waals surface area contributed by atoms with E-state index >= 15 is 0 Å². The molecule has 0 aliphatic carbocycles. The number of hydrogen-bond donors (Lipinski definition) is 1. The van der Waals surface area contributed by atoms with Crippen LogP contribution in [0.5, 0.6) is 11.5 Å². The van der Waals surface area contributed by atoms with E-state index in [1.54, 1.807) is 12.1 Å². The molecule has 0 atom stereocenters. The Morgan fingerprint density at radius 2 is 1.86 bits per heavy atom. The lowest BCUT2D eigenvalue weighted by atomic mass is 10.2. The molecule has 1 N–H and O–H groups in total. The topological polar surface area (TPSA) is 47.6 Å². The third-order valence-electron chi connectivity index (χ3n) is 2.90. The van der Waals surface area contributed by atoms with Crippen molar-refractivity contribution in [1.82, 2.24) is 0 Å². The van der Waals surface area contributed by atoms with Crippen molar-refractivity contribution in [1.29, 1.82) is 0 Å². The van der Waals surface area contributed by atoms with Gasteiger partial charge in [-0.25, -0.2) is 8.78 Å². The Hall–Kier alpha value is -2.63. The lowest BCUT2D eigenvalue weighted by molar-refractivity contribution is 0.102. The molecule has 0 radical (unpaired) electrons. The van der Waals surface area contributed by atoms with Crippen molar-refractivity contribution >= 4 is 11.6 Å². The quantitative estimate of drug-likeness (QED) is 0.917. The Morgan fingerprint density at radius 3 is 2.50 bits per heavy atom. The minimum absolute atomic E-state index is 0.164. The summed E-state index contributed by atoms with van der Waals surface area (Å²) >= 11 is 0. The van der Waals surface area contributed by atoms with Crippen LogP contribution in [0, 0.1) is 11.6 Å². The summed E-state index contributed by atoms with van der Waals surface area (Å²) in [6, 6.07) is 7.83. The van der Waals surface area contributed by atoms with Crippen molar-refractivity contribution in [2.24, 2.45) is 0 Å². The molecule has 2 aromatic rings. The van der Waals surface area contributed by atoms with E-state index in [1.807, 2.05) is 6.92 Å². The Bertz CT molecular complexity index is 689. The van der Waals surface area contributed by atoms with Crippen molar-refractivity contribution in [3.05, 3.63) is 53.6 Å². The zero-order chi connectivity index (χ0) is 16.1. The Morgan fingerprint density at radius 1 is 1.09 bits per heavy atom. The van der Waals surface area contributed by atoms with E-state index in [1.165, 1.54) is 19.2 Å². The molecule has 0 fully saturated rings. The fourth-order valence-electron chi connectivity index (χ4n) is 1.86. The Balaban J connectivity index is 2.20. The van der Waals surface area contributed by atoms with E-state index in [9.17, 15) is 13.6 Å². The van der Waals surface area contributed by atoms with Gasteiger partial charge in [0.1, 0.15) is 0 Å². The van der Waals surface area contributed by atoms with Crippen LogP contribution in [0.2, 0.25) is 0 Å². The number of ether oxygens (including phenoxy) is 2. The predicted molar refractivity (Wildman–Crippen MR) is 78.5 cm³/mol. The smallest absolute Gasteiger partial charge is 0.255 e. The van der Waals surface area contributed by atoms with E-state index in [2.05, 4.69) is 5.32 Å². The van der Waals surface area contributed by atoms with Crippen molar-refractivity contribution in [2.45, 2.75) is 6.92 Å². The number of rotatable bonds is 5. The largest absolute Gasteiger partial charge is 0.493 e. The molecular weight excluding hydrogens is 292 g/mol. The molecule has 2 rings (SSSR count). The van der Waals surface area contributed by atoms with Crippen LogP contribution in [0.1, 0.15) is 17.3 Å². The number of benzene rings is 2. The highest BCUT2D eigenvalue weighted by molar-refractivity contribution is 6.04. The number of amides is 1. The van der Waals surface area contributed by atoms with Gasteiger partial charge in [-0.1, -0.05) is 0 Å². The maximum atomic E-state index is 13.1. The van der Waals surface area contributed by atoms with E-state index in [0.29, 0.717) is 23.7 Å². The van der Waals surface area contributed by atoms with E-state index in [-0.39, 0.29) is 5.69 Å².